The summed E-state index contributed by atoms with van der Waals surface area (Å²) in [5.74, 6) is -0.999. The number of aromatic nitrogens is 2. The van der Waals surface area contributed by atoms with E-state index in [-0.39, 0.29) is 4.88 Å². The second kappa shape index (κ2) is 6.47. The molecule has 3 aromatic rings. The molecule has 0 aliphatic rings. The van der Waals surface area contributed by atoms with E-state index in [0.717, 1.165) is 33.9 Å². The minimum Gasteiger partial charge on any atom is -0.477 e. The predicted molar refractivity (Wildman–Crippen MR) is 98.1 cm³/mol. The third-order valence-corrected chi connectivity index (χ3v) is 5.08. The lowest BCUT2D eigenvalue weighted by atomic mass is 10.0. The second-order valence-electron chi connectivity index (χ2n) is 5.22. The Morgan fingerprint density at radius 1 is 1.29 bits per heavy atom. The number of carboxylic acid groups (broad SMARTS) is 1. The van der Waals surface area contributed by atoms with Crippen molar-refractivity contribution in [2.75, 3.05) is 5.32 Å². The number of anilines is 2. The van der Waals surface area contributed by atoms with Crippen LogP contribution in [-0.2, 0) is 0 Å². The van der Waals surface area contributed by atoms with Crippen molar-refractivity contribution >= 4 is 51.9 Å². The van der Waals surface area contributed by atoms with Gasteiger partial charge in [0.05, 0.1) is 27.1 Å². The second-order valence-corrected chi connectivity index (χ2v) is 6.95. The molecule has 24 heavy (non-hydrogen) atoms. The van der Waals surface area contributed by atoms with Crippen molar-refractivity contribution in [1.29, 1.82) is 0 Å². The third-order valence-electron chi connectivity index (χ3n) is 3.58. The molecule has 2 heterocycles. The van der Waals surface area contributed by atoms with Crippen LogP contribution in [0.2, 0.25) is 10.0 Å². The average Bonchev–Trinajstić information content (AvgIpc) is 3.09. The van der Waals surface area contributed by atoms with Gasteiger partial charge in [0.15, 0.2) is 0 Å². The Morgan fingerprint density at radius 2 is 1.96 bits per heavy atom. The van der Waals surface area contributed by atoms with Gasteiger partial charge in [-0.05, 0) is 43.0 Å². The minimum absolute atomic E-state index is 0.202. The van der Waals surface area contributed by atoms with Crippen LogP contribution in [0.25, 0.3) is 11.1 Å². The summed E-state index contributed by atoms with van der Waals surface area (Å²) in [4.78, 5) is 11.4. The number of carboxylic acids is 1. The van der Waals surface area contributed by atoms with Crippen molar-refractivity contribution in [1.82, 2.24) is 10.2 Å². The van der Waals surface area contributed by atoms with Crippen LogP contribution >= 0.6 is 34.5 Å². The molecule has 0 unspecified atom stereocenters. The first-order valence-corrected chi connectivity index (χ1v) is 8.61. The number of rotatable bonds is 4. The van der Waals surface area contributed by atoms with E-state index < -0.39 is 5.97 Å². The summed E-state index contributed by atoms with van der Waals surface area (Å²) in [6.07, 6.45) is 0. The average molecular weight is 382 g/mol. The number of benzene rings is 1. The lowest BCUT2D eigenvalue weighted by molar-refractivity contribution is 0.0703. The number of thiophene rings is 1. The zero-order valence-corrected chi connectivity index (χ0v) is 15.1. The molecule has 3 rings (SSSR count). The van der Waals surface area contributed by atoms with Crippen molar-refractivity contribution in [2.24, 2.45) is 0 Å². The molecule has 0 amide bonds. The highest BCUT2D eigenvalue weighted by atomic mass is 35.5. The van der Waals surface area contributed by atoms with Gasteiger partial charge >= 0.3 is 5.97 Å². The van der Waals surface area contributed by atoms with Gasteiger partial charge in [-0.2, -0.15) is 5.10 Å². The molecule has 0 saturated carbocycles. The highest BCUT2D eigenvalue weighted by Gasteiger charge is 2.17. The van der Waals surface area contributed by atoms with Gasteiger partial charge in [0, 0.05) is 11.3 Å². The van der Waals surface area contributed by atoms with Crippen LogP contribution in [0.5, 0.6) is 0 Å². The molecule has 0 bridgehead atoms. The summed E-state index contributed by atoms with van der Waals surface area (Å²) < 4.78 is 0. The number of aromatic amines is 1. The summed E-state index contributed by atoms with van der Waals surface area (Å²) in [5.41, 5.74) is 4.51. The van der Waals surface area contributed by atoms with Gasteiger partial charge in [-0.25, -0.2) is 4.79 Å². The third kappa shape index (κ3) is 3.00. The first kappa shape index (κ1) is 16.8. The predicted octanol–water partition coefficient (Wildman–Crippen LogP) is 5.50. The minimum atomic E-state index is -0.999. The number of aryl methyl sites for hydroxylation is 2. The maximum Gasteiger partial charge on any atom is 0.348 e. The van der Waals surface area contributed by atoms with Crippen LogP contribution in [-0.4, -0.2) is 21.3 Å². The van der Waals surface area contributed by atoms with E-state index in [1.165, 1.54) is 0 Å². The largest absolute Gasteiger partial charge is 0.477 e. The molecule has 0 aliphatic carbocycles. The SMILES string of the molecule is Cc1n[nH]c(C)c1-c1cc(Cl)c(Nc2ccsc2C(=O)O)c(Cl)c1. The fraction of sp³-hybridized carbons (Fsp3) is 0.125. The molecule has 0 radical (unpaired) electrons. The van der Waals surface area contributed by atoms with Crippen LogP contribution in [0, 0.1) is 13.8 Å². The van der Waals surface area contributed by atoms with Crippen molar-refractivity contribution in [3.63, 3.8) is 0 Å². The van der Waals surface area contributed by atoms with E-state index in [1.807, 2.05) is 13.8 Å². The smallest absolute Gasteiger partial charge is 0.348 e. The van der Waals surface area contributed by atoms with Crippen molar-refractivity contribution in [3.8, 4) is 11.1 Å². The molecule has 0 fully saturated rings. The van der Waals surface area contributed by atoms with Gasteiger partial charge in [0.25, 0.3) is 0 Å². The standard InChI is InChI=1S/C16H13Cl2N3O2S/c1-7-13(8(2)21-20-7)9-5-10(17)14(11(18)6-9)19-12-3-4-24-15(12)16(22)23/h3-6,19H,1-2H3,(H,20,21)(H,22,23). The Bertz CT molecular complexity index is 891. The van der Waals surface area contributed by atoms with E-state index in [1.54, 1.807) is 23.6 Å². The Balaban J connectivity index is 2.02. The molecule has 0 aliphatic heterocycles. The molecule has 124 valence electrons. The van der Waals surface area contributed by atoms with E-state index >= 15 is 0 Å². The summed E-state index contributed by atoms with van der Waals surface area (Å²) in [5, 5.41) is 21.8. The van der Waals surface area contributed by atoms with Crippen LogP contribution in [0.15, 0.2) is 23.6 Å². The van der Waals surface area contributed by atoms with Gasteiger partial charge in [-0.15, -0.1) is 11.3 Å². The number of nitrogens with zero attached hydrogens (tertiary/aromatic N) is 1. The number of nitrogens with one attached hydrogen (secondary N) is 2. The summed E-state index contributed by atoms with van der Waals surface area (Å²) in [7, 11) is 0. The maximum absolute atomic E-state index is 11.2. The molecular weight excluding hydrogens is 369 g/mol. The number of H-pyrrole nitrogens is 1. The van der Waals surface area contributed by atoms with Crippen LogP contribution < -0.4 is 5.32 Å². The first-order chi connectivity index (χ1) is 11.4. The van der Waals surface area contributed by atoms with Crippen LogP contribution in [0.4, 0.5) is 11.4 Å². The van der Waals surface area contributed by atoms with Crippen LogP contribution in [0.1, 0.15) is 21.1 Å². The van der Waals surface area contributed by atoms with Gasteiger partial charge in [-0.1, -0.05) is 23.2 Å². The topological polar surface area (TPSA) is 78.0 Å². The summed E-state index contributed by atoms with van der Waals surface area (Å²) >= 11 is 13.9. The molecule has 0 atom stereocenters. The van der Waals surface area contributed by atoms with E-state index in [0.29, 0.717) is 21.4 Å². The van der Waals surface area contributed by atoms with Gasteiger partial charge in [0.2, 0.25) is 0 Å². The monoisotopic (exact) mass is 381 g/mol. The van der Waals surface area contributed by atoms with E-state index in [2.05, 4.69) is 15.5 Å². The number of aromatic carboxylic acids is 1. The maximum atomic E-state index is 11.2. The quantitative estimate of drug-likeness (QED) is 0.557. The van der Waals surface area contributed by atoms with E-state index in [4.69, 9.17) is 23.2 Å². The van der Waals surface area contributed by atoms with Gasteiger partial charge < -0.3 is 10.4 Å². The molecule has 0 spiro atoms. The molecule has 5 nitrogen and oxygen atoms in total. The molecule has 1 aromatic carbocycles. The Kier molecular flexibility index (Phi) is 4.54. The fourth-order valence-electron chi connectivity index (χ4n) is 2.52. The van der Waals surface area contributed by atoms with Crippen LogP contribution in [0.3, 0.4) is 0 Å². The molecule has 8 heteroatoms. The summed E-state index contributed by atoms with van der Waals surface area (Å²) in [6, 6.07) is 5.25. The number of halogens is 2. The highest BCUT2D eigenvalue weighted by molar-refractivity contribution is 7.12. The van der Waals surface area contributed by atoms with Crippen molar-refractivity contribution < 1.29 is 9.90 Å². The highest BCUT2D eigenvalue weighted by Crippen LogP contribution is 2.39. The number of carbonyl (C=O) groups is 1. The Labute approximate surface area is 152 Å². The molecule has 3 N–H and O–H groups in total. The first-order valence-electron chi connectivity index (χ1n) is 6.97. The molecule has 2 aromatic heterocycles. The lowest BCUT2D eigenvalue weighted by Crippen LogP contribution is -1.99. The number of hydrogen-bond donors (Lipinski definition) is 3. The fourth-order valence-corrected chi connectivity index (χ4v) is 3.79. The van der Waals surface area contributed by atoms with Gasteiger partial charge in [-0.3, -0.25) is 5.10 Å². The van der Waals surface area contributed by atoms with Crippen molar-refractivity contribution in [3.05, 3.63) is 49.9 Å². The zero-order valence-electron chi connectivity index (χ0n) is 12.8. The zero-order chi connectivity index (χ0) is 17.4. The van der Waals surface area contributed by atoms with E-state index in [9.17, 15) is 9.90 Å². The Hall–Kier alpha value is -2.02. The number of hydrogen-bond acceptors (Lipinski definition) is 4. The van der Waals surface area contributed by atoms with Gasteiger partial charge in [0.1, 0.15) is 4.88 Å². The molecule has 0 saturated heterocycles. The van der Waals surface area contributed by atoms with Crippen molar-refractivity contribution in [2.45, 2.75) is 13.8 Å². The normalized spacial score (nSPS) is 10.8. The summed E-state index contributed by atoms with van der Waals surface area (Å²) in [6.45, 7) is 3.82. The lowest BCUT2D eigenvalue weighted by Gasteiger charge is -2.12. The molecular formula is C16H13Cl2N3O2S. The Morgan fingerprint density at radius 3 is 2.50 bits per heavy atom.